The Balaban J connectivity index is 1.40. The van der Waals surface area contributed by atoms with Crippen LogP contribution in [0.5, 0.6) is 0 Å². The van der Waals surface area contributed by atoms with Crippen LogP contribution in [-0.2, 0) is 10.2 Å². The van der Waals surface area contributed by atoms with E-state index in [0.717, 1.165) is 34.1 Å². The minimum atomic E-state index is -0.394. The van der Waals surface area contributed by atoms with Gasteiger partial charge in [-0.25, -0.2) is 14.1 Å². The molecule has 162 valence electrons. The van der Waals surface area contributed by atoms with E-state index in [1.165, 1.54) is 23.5 Å². The first kappa shape index (κ1) is 19.8. The third kappa shape index (κ3) is 3.32. The van der Waals surface area contributed by atoms with Crippen LogP contribution in [0.1, 0.15) is 17.5 Å². The number of anilines is 1. The number of fused-ring (bicyclic) bond motifs is 1. The van der Waals surface area contributed by atoms with Gasteiger partial charge >= 0.3 is 0 Å². The fraction of sp³-hybridized carbons (Fsp3) is 0.115. The molecule has 1 N–H and O–H groups in total. The van der Waals surface area contributed by atoms with Crippen LogP contribution < -0.4 is 5.32 Å². The Hall–Kier alpha value is -3.84. The van der Waals surface area contributed by atoms with Crippen molar-refractivity contribution in [1.82, 2.24) is 14.8 Å². The zero-order chi connectivity index (χ0) is 22.4. The molecule has 0 radical (unpaired) electrons. The smallest absolute Gasteiger partial charge is 0.230 e. The number of aromatic nitrogens is 3. The molecule has 1 saturated carbocycles. The van der Waals surface area contributed by atoms with Crippen molar-refractivity contribution in [1.29, 1.82) is 0 Å². The Labute approximate surface area is 193 Å². The van der Waals surface area contributed by atoms with Gasteiger partial charge in [0.2, 0.25) is 5.91 Å². The van der Waals surface area contributed by atoms with E-state index in [2.05, 4.69) is 39.7 Å². The molecule has 1 aliphatic rings. The van der Waals surface area contributed by atoms with Crippen molar-refractivity contribution in [2.75, 3.05) is 5.32 Å². The van der Waals surface area contributed by atoms with E-state index in [-0.39, 0.29) is 17.6 Å². The fourth-order valence-corrected chi connectivity index (χ4v) is 5.23. The lowest BCUT2D eigenvalue weighted by atomic mass is 9.85. The van der Waals surface area contributed by atoms with E-state index in [1.807, 2.05) is 35.8 Å². The third-order valence-corrected chi connectivity index (χ3v) is 7.07. The van der Waals surface area contributed by atoms with E-state index >= 15 is 0 Å². The molecule has 6 rings (SSSR count). The van der Waals surface area contributed by atoms with Crippen LogP contribution in [0, 0.1) is 11.7 Å². The number of nitrogens with zero attached hydrogens (tertiary/aromatic N) is 3. The topological polar surface area (TPSA) is 59.8 Å². The van der Waals surface area contributed by atoms with Gasteiger partial charge in [0.05, 0.1) is 23.3 Å². The summed E-state index contributed by atoms with van der Waals surface area (Å²) in [5, 5.41) is 10.9. The molecular weight excluding hydrogens is 435 g/mol. The van der Waals surface area contributed by atoms with Crippen molar-refractivity contribution in [3.63, 3.8) is 0 Å². The van der Waals surface area contributed by atoms with Crippen molar-refractivity contribution >= 4 is 33.3 Å². The van der Waals surface area contributed by atoms with E-state index in [4.69, 9.17) is 0 Å². The lowest BCUT2D eigenvalue weighted by molar-refractivity contribution is -0.117. The highest BCUT2D eigenvalue weighted by atomic mass is 32.1. The molecule has 5 nitrogen and oxygen atoms in total. The number of carbonyl (C=O) groups excluding carboxylic acids is 1. The number of hydrogen-bond donors (Lipinski definition) is 1. The molecule has 3 aromatic carbocycles. The Kier molecular flexibility index (Phi) is 4.58. The summed E-state index contributed by atoms with van der Waals surface area (Å²) in [5.74, 6) is -0.484. The zero-order valence-corrected chi connectivity index (χ0v) is 18.3. The van der Waals surface area contributed by atoms with Crippen LogP contribution in [0.4, 0.5) is 9.52 Å². The van der Waals surface area contributed by atoms with Crippen LogP contribution in [0.2, 0.25) is 0 Å². The first-order valence-electron chi connectivity index (χ1n) is 10.7. The molecule has 0 saturated heterocycles. The maximum absolute atomic E-state index is 13.3. The van der Waals surface area contributed by atoms with Crippen molar-refractivity contribution in [2.24, 2.45) is 5.92 Å². The summed E-state index contributed by atoms with van der Waals surface area (Å²) in [6.07, 6.45) is 4.23. The van der Waals surface area contributed by atoms with Gasteiger partial charge in [0.1, 0.15) is 5.82 Å². The number of amides is 1. The quantitative estimate of drug-likeness (QED) is 0.378. The molecule has 1 amide bonds. The molecule has 1 aliphatic carbocycles. The van der Waals surface area contributed by atoms with Gasteiger partial charge in [0.15, 0.2) is 5.13 Å². The van der Waals surface area contributed by atoms with Gasteiger partial charge in [-0.15, -0.1) is 11.3 Å². The van der Waals surface area contributed by atoms with Crippen LogP contribution >= 0.6 is 11.3 Å². The van der Waals surface area contributed by atoms with Gasteiger partial charge in [0.25, 0.3) is 0 Å². The second-order valence-corrected chi connectivity index (χ2v) is 9.12. The van der Waals surface area contributed by atoms with Gasteiger partial charge in [-0.3, -0.25) is 4.79 Å². The Morgan fingerprint density at radius 2 is 1.88 bits per heavy atom. The summed E-state index contributed by atoms with van der Waals surface area (Å²) < 4.78 is 15.1. The summed E-state index contributed by atoms with van der Waals surface area (Å²) in [4.78, 5) is 17.3. The number of rotatable bonds is 5. The molecule has 2 aromatic heterocycles. The van der Waals surface area contributed by atoms with Crippen LogP contribution in [0.3, 0.4) is 0 Å². The van der Waals surface area contributed by atoms with E-state index in [1.54, 1.807) is 23.0 Å². The lowest BCUT2D eigenvalue weighted by Gasteiger charge is -2.19. The van der Waals surface area contributed by atoms with E-state index < -0.39 is 5.41 Å². The maximum atomic E-state index is 13.3. The predicted octanol–water partition coefficient (Wildman–Crippen LogP) is 5.57. The second-order valence-electron chi connectivity index (χ2n) is 8.23. The van der Waals surface area contributed by atoms with Crippen LogP contribution in [-0.4, -0.2) is 20.7 Å². The number of carbonyl (C=O) groups is 1. The van der Waals surface area contributed by atoms with Gasteiger partial charge in [-0.1, -0.05) is 36.4 Å². The number of benzene rings is 3. The minimum Gasteiger partial charge on any atom is -0.302 e. The second kappa shape index (κ2) is 7.64. The van der Waals surface area contributed by atoms with Crippen LogP contribution in [0.25, 0.3) is 16.6 Å². The fourth-order valence-electron chi connectivity index (χ4n) is 4.70. The first-order valence-corrected chi connectivity index (χ1v) is 11.5. The number of hydrogen-bond acceptors (Lipinski definition) is 4. The summed E-state index contributed by atoms with van der Waals surface area (Å²) >= 11 is 1.41. The Morgan fingerprint density at radius 3 is 2.64 bits per heavy atom. The molecule has 1 fully saturated rings. The molecule has 0 aliphatic heterocycles. The third-order valence-electron chi connectivity index (χ3n) is 6.38. The maximum Gasteiger partial charge on any atom is 0.230 e. The highest BCUT2D eigenvalue weighted by molar-refractivity contribution is 7.13. The molecule has 7 heteroatoms. The van der Waals surface area contributed by atoms with Gasteiger partial charge < -0.3 is 5.32 Å². The molecule has 2 unspecified atom stereocenters. The normalized spacial score (nSPS) is 19.5. The van der Waals surface area contributed by atoms with E-state index in [9.17, 15) is 9.18 Å². The van der Waals surface area contributed by atoms with Crippen molar-refractivity contribution in [3.05, 3.63) is 108 Å². The summed E-state index contributed by atoms with van der Waals surface area (Å²) in [6, 6.07) is 22.7. The summed E-state index contributed by atoms with van der Waals surface area (Å²) in [5.41, 5.74) is 3.53. The standard InChI is InChI=1S/C26H19FN4OS/c27-20-7-9-21(10-8-20)31-23-11-6-19(14-17(23)16-29-31)26(18-4-2-1-3-5-18)15-22(26)24(32)30-25-28-12-13-33-25/h1-14,16,22H,15H2,(H,28,30,32). The lowest BCUT2D eigenvalue weighted by Crippen LogP contribution is -2.22. The Bertz CT molecular complexity index is 1450. The average molecular weight is 455 g/mol. The SMILES string of the molecule is O=C(Nc1nccs1)C1CC1(c1ccccc1)c1ccc2c(cnn2-c2ccc(F)cc2)c1. The Morgan fingerprint density at radius 1 is 1.06 bits per heavy atom. The highest BCUT2D eigenvalue weighted by Crippen LogP contribution is 2.59. The number of halogens is 1. The van der Waals surface area contributed by atoms with Gasteiger partial charge in [-0.2, -0.15) is 5.10 Å². The molecule has 33 heavy (non-hydrogen) atoms. The summed E-state index contributed by atoms with van der Waals surface area (Å²) in [7, 11) is 0. The van der Waals surface area contributed by atoms with Gasteiger partial charge in [0, 0.05) is 22.4 Å². The number of nitrogens with one attached hydrogen (secondary N) is 1. The monoisotopic (exact) mass is 454 g/mol. The molecule has 2 atom stereocenters. The molecule has 2 heterocycles. The minimum absolute atomic E-state index is 0.0177. The average Bonchev–Trinajstić information content (AvgIpc) is 3.16. The molecule has 0 bridgehead atoms. The first-order chi connectivity index (χ1) is 16.1. The van der Waals surface area contributed by atoms with Gasteiger partial charge in [-0.05, 0) is 53.9 Å². The van der Waals surface area contributed by atoms with Crippen molar-refractivity contribution in [2.45, 2.75) is 11.8 Å². The molecule has 0 spiro atoms. The zero-order valence-electron chi connectivity index (χ0n) is 17.5. The summed E-state index contributed by atoms with van der Waals surface area (Å²) in [6.45, 7) is 0. The van der Waals surface area contributed by atoms with Crippen LogP contribution in [0.15, 0.2) is 90.6 Å². The van der Waals surface area contributed by atoms with E-state index in [0.29, 0.717) is 5.13 Å². The largest absolute Gasteiger partial charge is 0.302 e. The molecular formula is C26H19FN4OS. The number of thiazole rings is 1. The van der Waals surface area contributed by atoms with Crippen molar-refractivity contribution < 1.29 is 9.18 Å². The van der Waals surface area contributed by atoms with Crippen molar-refractivity contribution in [3.8, 4) is 5.69 Å². The highest BCUT2D eigenvalue weighted by Gasteiger charge is 2.60. The molecule has 5 aromatic rings. The predicted molar refractivity (Wildman–Crippen MR) is 127 cm³/mol.